The zero-order chi connectivity index (χ0) is 15.8. The zero-order valence-electron chi connectivity index (χ0n) is 13.2. The van der Waals surface area contributed by atoms with Crippen molar-refractivity contribution in [3.05, 3.63) is 29.6 Å². The Labute approximate surface area is 130 Å². The second-order valence-corrected chi connectivity index (χ2v) is 6.78. The summed E-state index contributed by atoms with van der Waals surface area (Å²) in [5.41, 5.74) is 2.56. The molecule has 0 spiro atoms. The molecule has 0 aliphatic carbocycles. The summed E-state index contributed by atoms with van der Waals surface area (Å²) >= 11 is 6.28. The van der Waals surface area contributed by atoms with Crippen LogP contribution in [-0.2, 0) is 11.3 Å². The average molecular weight is 308 g/mol. The fraction of sp³-hybridized carbons (Fsp3) is 0.500. The molecule has 0 saturated heterocycles. The van der Waals surface area contributed by atoms with Crippen LogP contribution < -0.4 is 5.32 Å². The average Bonchev–Trinajstić information content (AvgIpc) is 2.75. The van der Waals surface area contributed by atoms with Gasteiger partial charge in [0.15, 0.2) is 0 Å². The molecule has 2 aromatic rings. The second kappa shape index (κ2) is 5.68. The first-order chi connectivity index (χ1) is 9.76. The highest BCUT2D eigenvalue weighted by Crippen LogP contribution is 2.29. The number of nitrogens with one attached hydrogen (secondary N) is 1. The Kier molecular flexibility index (Phi) is 4.28. The van der Waals surface area contributed by atoms with E-state index in [0.29, 0.717) is 6.54 Å². The highest BCUT2D eigenvalue weighted by molar-refractivity contribution is 6.20. The summed E-state index contributed by atoms with van der Waals surface area (Å²) in [7, 11) is 1.66. The Hall–Kier alpha value is -1.55. The van der Waals surface area contributed by atoms with Crippen LogP contribution in [0.1, 0.15) is 37.5 Å². The molecule has 1 aromatic carbocycles. The van der Waals surface area contributed by atoms with Gasteiger partial charge in [-0.05, 0) is 45.4 Å². The number of hydrogen-bond acceptors (Lipinski definition) is 2. The predicted molar refractivity (Wildman–Crippen MR) is 86.6 cm³/mol. The SMILES string of the molecule is CNC(=O)C(C)(C)Cn1c(C(C)Cl)nc2ccc(C)cc21. The Morgan fingerprint density at radius 2 is 2.14 bits per heavy atom. The van der Waals surface area contributed by atoms with Crippen molar-refractivity contribution in [3.8, 4) is 0 Å². The van der Waals surface area contributed by atoms with E-state index in [9.17, 15) is 4.79 Å². The zero-order valence-corrected chi connectivity index (χ0v) is 14.0. The molecular formula is C16H22ClN3O. The summed E-state index contributed by atoms with van der Waals surface area (Å²) in [4.78, 5) is 16.7. The second-order valence-electron chi connectivity index (χ2n) is 6.13. The quantitative estimate of drug-likeness (QED) is 0.880. The van der Waals surface area contributed by atoms with Gasteiger partial charge >= 0.3 is 0 Å². The summed E-state index contributed by atoms with van der Waals surface area (Å²) in [5.74, 6) is 0.805. The van der Waals surface area contributed by atoms with E-state index in [1.807, 2.05) is 39.8 Å². The molecule has 4 nitrogen and oxygen atoms in total. The van der Waals surface area contributed by atoms with Crippen molar-refractivity contribution in [2.24, 2.45) is 5.41 Å². The molecule has 1 atom stereocenters. The first-order valence-electron chi connectivity index (χ1n) is 7.09. The number of nitrogens with zero attached hydrogens (tertiary/aromatic N) is 2. The van der Waals surface area contributed by atoms with E-state index >= 15 is 0 Å². The van der Waals surface area contributed by atoms with Crippen molar-refractivity contribution in [2.75, 3.05) is 7.05 Å². The van der Waals surface area contributed by atoms with Gasteiger partial charge in [0, 0.05) is 13.6 Å². The van der Waals surface area contributed by atoms with Crippen molar-refractivity contribution >= 4 is 28.5 Å². The molecule has 0 aliphatic heterocycles. The van der Waals surface area contributed by atoms with Gasteiger partial charge in [0.1, 0.15) is 5.82 Å². The predicted octanol–water partition coefficient (Wildman–Crippen LogP) is 3.42. The van der Waals surface area contributed by atoms with Crippen LogP contribution in [0.15, 0.2) is 18.2 Å². The highest BCUT2D eigenvalue weighted by atomic mass is 35.5. The number of imidazole rings is 1. The van der Waals surface area contributed by atoms with Gasteiger partial charge in [-0.2, -0.15) is 0 Å². The van der Waals surface area contributed by atoms with E-state index in [0.717, 1.165) is 22.4 Å². The molecular weight excluding hydrogens is 286 g/mol. The molecule has 0 bridgehead atoms. The molecule has 0 radical (unpaired) electrons. The van der Waals surface area contributed by atoms with Crippen LogP contribution in [0, 0.1) is 12.3 Å². The molecule has 1 aromatic heterocycles. The number of halogens is 1. The third kappa shape index (κ3) is 3.05. The molecule has 0 fully saturated rings. The minimum Gasteiger partial charge on any atom is -0.359 e. The Bertz CT molecular complexity index is 673. The molecule has 1 amide bonds. The highest BCUT2D eigenvalue weighted by Gasteiger charge is 2.29. The third-order valence-corrected chi connectivity index (χ3v) is 3.88. The first-order valence-corrected chi connectivity index (χ1v) is 7.53. The van der Waals surface area contributed by atoms with Crippen LogP contribution >= 0.6 is 11.6 Å². The monoisotopic (exact) mass is 307 g/mol. The lowest BCUT2D eigenvalue weighted by Gasteiger charge is -2.25. The van der Waals surface area contributed by atoms with Crippen LogP contribution in [0.2, 0.25) is 0 Å². The standard InChI is InChI=1S/C16H22ClN3O/c1-10-6-7-12-13(8-10)20(14(19-12)11(2)17)9-16(3,4)15(21)18-5/h6-8,11H,9H2,1-5H3,(H,18,21). The van der Waals surface area contributed by atoms with Crippen LogP contribution in [0.5, 0.6) is 0 Å². The Morgan fingerprint density at radius 3 is 2.71 bits per heavy atom. The van der Waals surface area contributed by atoms with E-state index in [4.69, 9.17) is 11.6 Å². The largest absolute Gasteiger partial charge is 0.359 e. The van der Waals surface area contributed by atoms with Gasteiger partial charge in [-0.15, -0.1) is 11.6 Å². The number of alkyl halides is 1. The van der Waals surface area contributed by atoms with Crippen LogP contribution in [0.4, 0.5) is 0 Å². The van der Waals surface area contributed by atoms with E-state index in [-0.39, 0.29) is 11.3 Å². The summed E-state index contributed by atoms with van der Waals surface area (Å²) in [5, 5.41) is 2.51. The smallest absolute Gasteiger partial charge is 0.227 e. The van der Waals surface area contributed by atoms with Crippen molar-refractivity contribution in [1.29, 1.82) is 0 Å². The summed E-state index contributed by atoms with van der Waals surface area (Å²) in [6, 6.07) is 6.12. The Morgan fingerprint density at radius 1 is 1.48 bits per heavy atom. The third-order valence-electron chi connectivity index (χ3n) is 3.68. The van der Waals surface area contributed by atoms with E-state index in [1.165, 1.54) is 0 Å². The van der Waals surface area contributed by atoms with Gasteiger partial charge < -0.3 is 9.88 Å². The van der Waals surface area contributed by atoms with E-state index < -0.39 is 5.41 Å². The molecule has 0 saturated carbocycles. The van der Waals surface area contributed by atoms with E-state index in [2.05, 4.69) is 20.9 Å². The maximum atomic E-state index is 12.1. The topological polar surface area (TPSA) is 46.9 Å². The van der Waals surface area contributed by atoms with Crippen molar-refractivity contribution in [1.82, 2.24) is 14.9 Å². The minimum atomic E-state index is -0.535. The number of aryl methyl sites for hydroxylation is 1. The molecule has 21 heavy (non-hydrogen) atoms. The fourth-order valence-electron chi connectivity index (χ4n) is 2.53. The minimum absolute atomic E-state index is 0.00479. The number of benzene rings is 1. The first kappa shape index (κ1) is 15.8. The van der Waals surface area contributed by atoms with Crippen molar-refractivity contribution < 1.29 is 4.79 Å². The molecule has 114 valence electrons. The summed E-state index contributed by atoms with van der Waals surface area (Å²) in [6.07, 6.45) is 0. The molecule has 1 heterocycles. The molecule has 0 aliphatic rings. The van der Waals surface area contributed by atoms with Gasteiger partial charge in [0.2, 0.25) is 5.91 Å². The molecule has 5 heteroatoms. The fourth-order valence-corrected chi connectivity index (χ4v) is 2.69. The number of amides is 1. The maximum absolute atomic E-state index is 12.1. The number of carbonyl (C=O) groups is 1. The number of carbonyl (C=O) groups excluding carboxylic acids is 1. The number of aromatic nitrogens is 2. The van der Waals surface area contributed by atoms with Gasteiger partial charge in [-0.3, -0.25) is 4.79 Å². The lowest BCUT2D eigenvalue weighted by atomic mass is 9.92. The molecule has 1 N–H and O–H groups in total. The number of hydrogen-bond donors (Lipinski definition) is 1. The Balaban J connectivity index is 2.57. The van der Waals surface area contributed by atoms with Crippen molar-refractivity contribution in [3.63, 3.8) is 0 Å². The van der Waals surface area contributed by atoms with E-state index in [1.54, 1.807) is 7.05 Å². The lowest BCUT2D eigenvalue weighted by Crippen LogP contribution is -2.38. The van der Waals surface area contributed by atoms with Crippen LogP contribution in [0.3, 0.4) is 0 Å². The van der Waals surface area contributed by atoms with Crippen LogP contribution in [0.25, 0.3) is 11.0 Å². The van der Waals surface area contributed by atoms with Gasteiger partial charge in [0.05, 0.1) is 21.8 Å². The maximum Gasteiger partial charge on any atom is 0.227 e. The van der Waals surface area contributed by atoms with Crippen LogP contribution in [-0.4, -0.2) is 22.5 Å². The summed E-state index contributed by atoms with van der Waals surface area (Å²) < 4.78 is 2.06. The number of fused-ring (bicyclic) bond motifs is 1. The molecule has 2 rings (SSSR count). The molecule has 1 unspecified atom stereocenters. The van der Waals surface area contributed by atoms with Crippen molar-refractivity contribution in [2.45, 2.75) is 39.6 Å². The lowest BCUT2D eigenvalue weighted by molar-refractivity contribution is -0.129. The van der Waals surface area contributed by atoms with Gasteiger partial charge in [-0.1, -0.05) is 6.07 Å². The summed E-state index contributed by atoms with van der Waals surface area (Å²) in [6.45, 7) is 8.34. The van der Waals surface area contributed by atoms with Gasteiger partial charge in [-0.25, -0.2) is 4.98 Å². The van der Waals surface area contributed by atoms with Gasteiger partial charge in [0.25, 0.3) is 0 Å². The number of rotatable bonds is 4. The normalized spacial score (nSPS) is 13.4.